The molecule has 5 nitrogen and oxygen atoms in total. The number of halogens is 1. The number of anilines is 1. The molecular weight excluding hydrogens is 322 g/mol. The number of allylic oxidation sites excluding steroid dienone is 1. The number of carbonyl (C=O) groups is 2. The molecule has 7 heteroatoms. The number of nitrogens with zero attached hydrogens (tertiary/aromatic N) is 1. The van der Waals surface area contributed by atoms with Gasteiger partial charge in [0.15, 0.2) is 5.78 Å². The monoisotopic (exact) mass is 335 g/mol. The molecule has 114 valence electrons. The molecule has 1 amide bonds. The number of hydrazine groups is 1. The molecule has 0 aliphatic rings. The summed E-state index contributed by atoms with van der Waals surface area (Å²) < 4.78 is 0. The summed E-state index contributed by atoms with van der Waals surface area (Å²) in [4.78, 5) is 27.8. The van der Waals surface area contributed by atoms with Gasteiger partial charge in [-0.2, -0.15) is 0 Å². The van der Waals surface area contributed by atoms with Crippen LogP contribution in [0, 0.1) is 6.92 Å². The van der Waals surface area contributed by atoms with Crippen molar-refractivity contribution < 1.29 is 9.59 Å². The van der Waals surface area contributed by atoms with Gasteiger partial charge in [-0.25, -0.2) is 4.98 Å². The Morgan fingerprint density at radius 3 is 2.59 bits per heavy atom. The molecule has 1 aromatic carbocycles. The Labute approximate surface area is 137 Å². The van der Waals surface area contributed by atoms with Gasteiger partial charge in [-0.3, -0.25) is 20.4 Å². The highest BCUT2D eigenvalue weighted by atomic mass is 35.5. The maximum absolute atomic E-state index is 12.2. The molecule has 0 aliphatic heterocycles. The Kier molecular flexibility index (Phi) is 5.30. The summed E-state index contributed by atoms with van der Waals surface area (Å²) in [5.74, 6) is -0.371. The van der Waals surface area contributed by atoms with E-state index < -0.39 is 0 Å². The molecule has 0 unspecified atom stereocenters. The molecule has 0 spiro atoms. The first-order chi connectivity index (χ1) is 10.5. The normalized spacial score (nSPS) is 10.7. The van der Waals surface area contributed by atoms with Gasteiger partial charge in [-0.1, -0.05) is 41.1 Å². The fraction of sp³-hybridized carbons (Fsp3) is 0.133. The van der Waals surface area contributed by atoms with Gasteiger partial charge in [0.25, 0.3) is 0 Å². The Hall–Kier alpha value is -2.18. The summed E-state index contributed by atoms with van der Waals surface area (Å²) in [6.07, 6.45) is 3.21. The predicted molar refractivity (Wildman–Crippen MR) is 89.1 cm³/mol. The molecule has 2 N–H and O–H groups in total. The Bertz CT molecular complexity index is 723. The number of carbonyl (C=O) groups excluding carboxylic acids is 2. The molecule has 0 saturated carbocycles. The summed E-state index contributed by atoms with van der Waals surface area (Å²) in [5.41, 5.74) is 6.58. The van der Waals surface area contributed by atoms with Crippen molar-refractivity contribution in [2.75, 3.05) is 5.43 Å². The van der Waals surface area contributed by atoms with Crippen molar-refractivity contribution in [3.05, 3.63) is 51.5 Å². The van der Waals surface area contributed by atoms with Crippen LogP contribution in [0.2, 0.25) is 5.02 Å². The van der Waals surface area contributed by atoms with Crippen molar-refractivity contribution in [2.45, 2.75) is 13.8 Å². The van der Waals surface area contributed by atoms with E-state index in [0.29, 0.717) is 20.7 Å². The summed E-state index contributed by atoms with van der Waals surface area (Å²) in [6, 6.07) is 7.18. The van der Waals surface area contributed by atoms with Gasteiger partial charge in [0.1, 0.15) is 0 Å². The average Bonchev–Trinajstić information content (AvgIpc) is 2.85. The van der Waals surface area contributed by atoms with Crippen molar-refractivity contribution in [3.8, 4) is 0 Å². The lowest BCUT2D eigenvalue weighted by molar-refractivity contribution is -0.118. The molecule has 1 aromatic heterocycles. The summed E-state index contributed by atoms with van der Waals surface area (Å²) in [5, 5.41) is 1.12. The number of benzene rings is 1. The first kappa shape index (κ1) is 16.2. The zero-order valence-corrected chi connectivity index (χ0v) is 13.6. The lowest BCUT2D eigenvalue weighted by atomic mass is 10.2. The minimum Gasteiger partial charge on any atom is -0.288 e. The number of rotatable bonds is 5. The Balaban J connectivity index is 2.09. The second-order valence-corrected chi connectivity index (χ2v) is 5.92. The van der Waals surface area contributed by atoms with E-state index in [0.717, 1.165) is 5.56 Å². The van der Waals surface area contributed by atoms with Crippen LogP contribution in [-0.4, -0.2) is 16.7 Å². The number of hydrogen-bond donors (Lipinski definition) is 2. The molecule has 0 fully saturated rings. The van der Waals surface area contributed by atoms with Gasteiger partial charge in [-0.15, -0.1) is 0 Å². The quantitative estimate of drug-likeness (QED) is 0.498. The van der Waals surface area contributed by atoms with Crippen LogP contribution in [0.3, 0.4) is 0 Å². The highest BCUT2D eigenvalue weighted by Crippen LogP contribution is 2.23. The van der Waals surface area contributed by atoms with Crippen LogP contribution in [0.25, 0.3) is 6.08 Å². The first-order valence-electron chi connectivity index (χ1n) is 6.43. The van der Waals surface area contributed by atoms with Gasteiger partial charge in [0.05, 0.1) is 10.6 Å². The first-order valence-corrected chi connectivity index (χ1v) is 7.63. The van der Waals surface area contributed by atoms with Crippen molar-refractivity contribution in [3.63, 3.8) is 0 Å². The molecule has 0 atom stereocenters. The van der Waals surface area contributed by atoms with E-state index >= 15 is 0 Å². The minimum absolute atomic E-state index is 0.138. The van der Waals surface area contributed by atoms with E-state index in [9.17, 15) is 9.59 Å². The summed E-state index contributed by atoms with van der Waals surface area (Å²) in [6.45, 7) is 3.13. The van der Waals surface area contributed by atoms with E-state index in [4.69, 9.17) is 11.6 Å². The van der Waals surface area contributed by atoms with Crippen LogP contribution >= 0.6 is 22.9 Å². The van der Waals surface area contributed by atoms with E-state index in [-0.39, 0.29) is 11.7 Å². The topological polar surface area (TPSA) is 71.1 Å². The molecule has 0 aliphatic carbocycles. The molecule has 2 aromatic rings. The maximum atomic E-state index is 12.2. The fourth-order valence-electron chi connectivity index (χ4n) is 1.64. The van der Waals surface area contributed by atoms with E-state index in [2.05, 4.69) is 15.8 Å². The zero-order chi connectivity index (χ0) is 16.1. The fourth-order valence-corrected chi connectivity index (χ4v) is 2.61. The largest absolute Gasteiger partial charge is 0.288 e. The number of hydrogen-bond acceptors (Lipinski definition) is 5. The van der Waals surface area contributed by atoms with Crippen molar-refractivity contribution in [2.24, 2.45) is 0 Å². The summed E-state index contributed by atoms with van der Waals surface area (Å²) >= 11 is 7.00. The van der Waals surface area contributed by atoms with Crippen LogP contribution in [0.5, 0.6) is 0 Å². The van der Waals surface area contributed by atoms with Gasteiger partial charge in [-0.05, 0) is 30.7 Å². The molecule has 22 heavy (non-hydrogen) atoms. The number of aryl methyl sites for hydroxylation is 1. The van der Waals surface area contributed by atoms with Crippen molar-refractivity contribution >= 4 is 45.8 Å². The highest BCUT2D eigenvalue weighted by Gasteiger charge is 2.13. The standard InChI is InChI=1S/C15H14ClN3O2S/c1-9-14(22-15(17-9)19-18-10(2)20)13(21)8-5-11-3-6-12(16)7-4-11/h3-8H,1-2H3,(H,17,19)(H,18,20)/b8-5-. The van der Waals surface area contributed by atoms with Gasteiger partial charge >= 0.3 is 0 Å². The molecule has 0 radical (unpaired) electrons. The molecule has 1 heterocycles. The van der Waals surface area contributed by atoms with E-state index in [1.54, 1.807) is 25.1 Å². The maximum Gasteiger partial charge on any atom is 0.235 e. The van der Waals surface area contributed by atoms with Crippen LogP contribution < -0.4 is 10.9 Å². The number of nitrogens with one attached hydrogen (secondary N) is 2. The van der Waals surface area contributed by atoms with Crippen LogP contribution in [0.4, 0.5) is 5.13 Å². The Morgan fingerprint density at radius 2 is 1.95 bits per heavy atom. The van der Waals surface area contributed by atoms with Gasteiger partial charge < -0.3 is 0 Å². The van der Waals surface area contributed by atoms with E-state index in [1.807, 2.05) is 12.1 Å². The predicted octanol–water partition coefficient (Wildman–Crippen LogP) is 3.46. The third-order valence-electron chi connectivity index (χ3n) is 2.66. The SMILES string of the molecule is CC(=O)NNc1nc(C)c(C(=O)/C=C\c2ccc(Cl)cc2)s1. The zero-order valence-electron chi connectivity index (χ0n) is 12.0. The Morgan fingerprint density at radius 1 is 1.27 bits per heavy atom. The van der Waals surface area contributed by atoms with Crippen LogP contribution in [0.15, 0.2) is 30.3 Å². The third kappa shape index (κ3) is 4.41. The molecule has 0 saturated heterocycles. The third-order valence-corrected chi connectivity index (χ3v) is 4.00. The van der Waals surface area contributed by atoms with E-state index in [1.165, 1.54) is 24.3 Å². The molecule has 0 bridgehead atoms. The number of amides is 1. The second kappa shape index (κ2) is 7.20. The number of thiazole rings is 1. The van der Waals surface area contributed by atoms with Crippen LogP contribution in [-0.2, 0) is 4.79 Å². The second-order valence-electron chi connectivity index (χ2n) is 4.49. The summed E-state index contributed by atoms with van der Waals surface area (Å²) in [7, 11) is 0. The number of ketones is 1. The molecular formula is C15H14ClN3O2S. The van der Waals surface area contributed by atoms with Crippen LogP contribution in [0.1, 0.15) is 27.9 Å². The lowest BCUT2D eigenvalue weighted by Gasteiger charge is -1.99. The van der Waals surface area contributed by atoms with Crippen molar-refractivity contribution in [1.29, 1.82) is 0 Å². The van der Waals surface area contributed by atoms with Crippen molar-refractivity contribution in [1.82, 2.24) is 10.4 Å². The van der Waals surface area contributed by atoms with Gasteiger partial charge in [0.2, 0.25) is 11.0 Å². The highest BCUT2D eigenvalue weighted by molar-refractivity contribution is 7.17. The smallest absolute Gasteiger partial charge is 0.235 e. The number of aromatic nitrogens is 1. The van der Waals surface area contributed by atoms with Gasteiger partial charge in [0, 0.05) is 11.9 Å². The lowest BCUT2D eigenvalue weighted by Crippen LogP contribution is -2.26. The average molecular weight is 336 g/mol. The minimum atomic E-state index is -0.233. The molecule has 2 rings (SSSR count).